The van der Waals surface area contributed by atoms with Crippen molar-refractivity contribution in [1.82, 2.24) is 10.3 Å². The Labute approximate surface area is 128 Å². The molecule has 1 aliphatic heterocycles. The van der Waals surface area contributed by atoms with Crippen molar-refractivity contribution in [2.24, 2.45) is 0 Å². The van der Waals surface area contributed by atoms with Gasteiger partial charge in [0.15, 0.2) is 0 Å². The number of carbonyl (C=O) groups is 1. The van der Waals surface area contributed by atoms with E-state index in [1.165, 1.54) is 12.5 Å². The van der Waals surface area contributed by atoms with Crippen LogP contribution in [-0.4, -0.2) is 23.5 Å². The number of ether oxygens (including phenoxy) is 1. The van der Waals surface area contributed by atoms with E-state index in [2.05, 4.69) is 10.3 Å². The van der Waals surface area contributed by atoms with Crippen LogP contribution in [0.5, 0.6) is 0 Å². The zero-order chi connectivity index (χ0) is 15.2. The summed E-state index contributed by atoms with van der Waals surface area (Å²) in [5.74, 6) is -0.0568. The molecule has 2 aromatic rings. The zero-order valence-corrected chi connectivity index (χ0v) is 13.2. The van der Waals surface area contributed by atoms with Crippen molar-refractivity contribution >= 4 is 28.4 Å². The van der Waals surface area contributed by atoms with Crippen LogP contribution in [0.2, 0.25) is 5.02 Å². The summed E-state index contributed by atoms with van der Waals surface area (Å²) in [4.78, 5) is 14.8. The predicted molar refractivity (Wildman–Crippen MR) is 83.6 cm³/mol. The van der Waals surface area contributed by atoms with Crippen LogP contribution in [0.4, 0.5) is 0 Å². The first-order chi connectivity index (χ1) is 9.91. The maximum absolute atomic E-state index is 11.4. The topological polar surface area (TPSA) is 54.1 Å². The fourth-order valence-electron chi connectivity index (χ4n) is 3.12. The molecule has 1 aliphatic rings. The molecule has 0 spiro atoms. The lowest BCUT2D eigenvalue weighted by Crippen LogP contribution is -2.50. The quantitative estimate of drug-likeness (QED) is 0.895. The number of hydrogen-bond donors (Lipinski definition) is 2. The molecular weight excluding hydrogens is 288 g/mol. The van der Waals surface area contributed by atoms with E-state index in [0.717, 1.165) is 28.0 Å². The molecule has 0 fully saturated rings. The minimum atomic E-state index is -0.565. The highest BCUT2D eigenvalue weighted by atomic mass is 35.5. The minimum Gasteiger partial charge on any atom is -0.367 e. The summed E-state index contributed by atoms with van der Waals surface area (Å²) in [6.07, 6.45) is 0.845. The largest absolute Gasteiger partial charge is 0.367 e. The molecule has 2 atom stereocenters. The molecule has 3 rings (SSSR count). The summed E-state index contributed by atoms with van der Waals surface area (Å²) in [6.45, 7) is 6.14. The molecule has 5 heteroatoms. The van der Waals surface area contributed by atoms with E-state index >= 15 is 0 Å². The number of rotatable bonds is 2. The smallest absolute Gasteiger partial charge is 0.217 e. The highest BCUT2D eigenvalue weighted by molar-refractivity contribution is 6.31. The lowest BCUT2D eigenvalue weighted by Gasteiger charge is -2.39. The Morgan fingerprint density at radius 3 is 3.00 bits per heavy atom. The number of halogens is 1. The molecule has 1 aromatic heterocycles. The first-order valence-electron chi connectivity index (χ1n) is 7.13. The van der Waals surface area contributed by atoms with Gasteiger partial charge in [0, 0.05) is 22.8 Å². The fraction of sp³-hybridized carbons (Fsp3) is 0.438. The van der Waals surface area contributed by atoms with E-state index in [0.29, 0.717) is 6.61 Å². The SMILES string of the molecule is CC(=O)NC(C)C1(C)OCCc2c1[nH]c1ccc(Cl)cc21. The average molecular weight is 307 g/mol. The summed E-state index contributed by atoms with van der Waals surface area (Å²) in [5.41, 5.74) is 2.76. The average Bonchev–Trinajstić information content (AvgIpc) is 2.78. The third-order valence-corrected chi connectivity index (χ3v) is 4.60. The van der Waals surface area contributed by atoms with E-state index in [9.17, 15) is 4.79 Å². The number of carbonyl (C=O) groups excluding carboxylic acids is 1. The molecule has 0 aliphatic carbocycles. The number of aromatic nitrogens is 1. The molecule has 2 heterocycles. The Morgan fingerprint density at radius 2 is 2.29 bits per heavy atom. The molecule has 1 aromatic carbocycles. The highest BCUT2D eigenvalue weighted by Crippen LogP contribution is 2.39. The van der Waals surface area contributed by atoms with Gasteiger partial charge in [-0.1, -0.05) is 11.6 Å². The van der Waals surface area contributed by atoms with E-state index in [-0.39, 0.29) is 11.9 Å². The maximum atomic E-state index is 11.4. The summed E-state index contributed by atoms with van der Waals surface area (Å²) >= 11 is 6.12. The number of fused-ring (bicyclic) bond motifs is 3. The normalized spacial score (nSPS) is 22.9. The van der Waals surface area contributed by atoms with Crippen LogP contribution < -0.4 is 5.32 Å². The summed E-state index contributed by atoms with van der Waals surface area (Å²) in [6, 6.07) is 5.72. The molecule has 0 saturated heterocycles. The Bertz CT molecular complexity index is 710. The van der Waals surface area contributed by atoms with Crippen LogP contribution >= 0.6 is 11.6 Å². The van der Waals surface area contributed by atoms with Crippen molar-refractivity contribution in [2.45, 2.75) is 38.8 Å². The lowest BCUT2D eigenvalue weighted by molar-refractivity contribution is -0.124. The van der Waals surface area contributed by atoms with Crippen LogP contribution in [0.3, 0.4) is 0 Å². The Balaban J connectivity index is 2.13. The van der Waals surface area contributed by atoms with Crippen LogP contribution in [0.15, 0.2) is 18.2 Å². The van der Waals surface area contributed by atoms with Crippen LogP contribution in [0, 0.1) is 0 Å². The van der Waals surface area contributed by atoms with Gasteiger partial charge < -0.3 is 15.0 Å². The van der Waals surface area contributed by atoms with Gasteiger partial charge in [-0.2, -0.15) is 0 Å². The first kappa shape index (κ1) is 14.4. The second kappa shape index (κ2) is 5.04. The lowest BCUT2D eigenvalue weighted by atomic mass is 9.87. The van der Waals surface area contributed by atoms with Crippen molar-refractivity contribution in [3.05, 3.63) is 34.5 Å². The van der Waals surface area contributed by atoms with Gasteiger partial charge in [0.25, 0.3) is 0 Å². The predicted octanol–water partition coefficient (Wildman–Crippen LogP) is 3.13. The molecule has 0 radical (unpaired) electrons. The van der Waals surface area contributed by atoms with Gasteiger partial charge in [-0.3, -0.25) is 4.79 Å². The molecule has 0 bridgehead atoms. The molecule has 1 amide bonds. The Hall–Kier alpha value is -1.52. The van der Waals surface area contributed by atoms with Gasteiger partial charge >= 0.3 is 0 Å². The summed E-state index contributed by atoms with van der Waals surface area (Å²) in [5, 5.41) is 4.81. The Kier molecular flexibility index (Phi) is 3.46. The van der Waals surface area contributed by atoms with Crippen molar-refractivity contribution in [2.75, 3.05) is 6.61 Å². The monoisotopic (exact) mass is 306 g/mol. The number of aromatic amines is 1. The molecular formula is C16H19ClN2O2. The summed E-state index contributed by atoms with van der Waals surface area (Å²) < 4.78 is 6.04. The van der Waals surface area contributed by atoms with E-state index in [1.54, 1.807) is 0 Å². The molecule has 2 unspecified atom stereocenters. The van der Waals surface area contributed by atoms with Crippen LogP contribution in [-0.2, 0) is 21.6 Å². The van der Waals surface area contributed by atoms with Crippen molar-refractivity contribution in [1.29, 1.82) is 0 Å². The maximum Gasteiger partial charge on any atom is 0.217 e. The molecule has 4 nitrogen and oxygen atoms in total. The third kappa shape index (κ3) is 2.32. The number of H-pyrrole nitrogens is 1. The van der Waals surface area contributed by atoms with Crippen molar-refractivity contribution in [3.8, 4) is 0 Å². The molecule has 2 N–H and O–H groups in total. The summed E-state index contributed by atoms with van der Waals surface area (Å²) in [7, 11) is 0. The van der Waals surface area contributed by atoms with Crippen molar-refractivity contribution < 1.29 is 9.53 Å². The van der Waals surface area contributed by atoms with Gasteiger partial charge in [0.1, 0.15) is 5.60 Å². The van der Waals surface area contributed by atoms with Gasteiger partial charge in [-0.05, 0) is 44.0 Å². The number of hydrogen-bond acceptors (Lipinski definition) is 2. The number of nitrogens with one attached hydrogen (secondary N) is 2. The third-order valence-electron chi connectivity index (χ3n) is 4.36. The van der Waals surface area contributed by atoms with Gasteiger partial charge in [-0.15, -0.1) is 0 Å². The fourth-order valence-corrected chi connectivity index (χ4v) is 3.30. The van der Waals surface area contributed by atoms with Crippen molar-refractivity contribution in [3.63, 3.8) is 0 Å². The Morgan fingerprint density at radius 1 is 1.52 bits per heavy atom. The van der Waals surface area contributed by atoms with Gasteiger partial charge in [-0.25, -0.2) is 0 Å². The highest BCUT2D eigenvalue weighted by Gasteiger charge is 2.41. The van der Waals surface area contributed by atoms with Gasteiger partial charge in [0.05, 0.1) is 18.3 Å². The number of amides is 1. The van der Waals surface area contributed by atoms with E-state index < -0.39 is 5.60 Å². The van der Waals surface area contributed by atoms with E-state index in [1.807, 2.05) is 32.0 Å². The van der Waals surface area contributed by atoms with Gasteiger partial charge in [0.2, 0.25) is 5.91 Å². The first-order valence-corrected chi connectivity index (χ1v) is 7.51. The second-order valence-electron chi connectivity index (χ2n) is 5.80. The van der Waals surface area contributed by atoms with Crippen LogP contribution in [0.25, 0.3) is 10.9 Å². The molecule has 0 saturated carbocycles. The van der Waals surface area contributed by atoms with Crippen LogP contribution in [0.1, 0.15) is 32.0 Å². The zero-order valence-electron chi connectivity index (χ0n) is 12.4. The molecule has 21 heavy (non-hydrogen) atoms. The standard InChI is InChI=1S/C16H19ClN2O2/c1-9(18-10(2)20)16(3)15-12(6-7-21-16)13-8-11(17)4-5-14(13)19-15/h4-5,8-9,19H,6-7H2,1-3H3,(H,18,20). The second-order valence-corrected chi connectivity index (χ2v) is 6.23. The van der Waals surface area contributed by atoms with E-state index in [4.69, 9.17) is 16.3 Å². The number of benzene rings is 1. The molecule has 112 valence electrons. The minimum absolute atomic E-state index is 0.0568.